The molecule has 2 aromatic rings. The van der Waals surface area contributed by atoms with Gasteiger partial charge in [0.15, 0.2) is 6.10 Å². The molecule has 0 spiro atoms. The molecule has 2 amide bonds. The predicted octanol–water partition coefficient (Wildman–Crippen LogP) is 5.37. The number of carbonyl (C=O) groups is 1. The summed E-state index contributed by atoms with van der Waals surface area (Å²) in [4.78, 5) is 12.3. The number of benzene rings is 2. The quantitative estimate of drug-likeness (QED) is 0.608. The lowest BCUT2D eigenvalue weighted by Gasteiger charge is -2.19. The van der Waals surface area contributed by atoms with Crippen molar-refractivity contribution in [3.05, 3.63) is 53.1 Å². The van der Waals surface area contributed by atoms with Crippen molar-refractivity contribution < 1.29 is 27.8 Å². The highest BCUT2D eigenvalue weighted by atomic mass is 35.5. The Bertz CT molecular complexity index is 800. The molecule has 1 unspecified atom stereocenters. The summed E-state index contributed by atoms with van der Waals surface area (Å²) in [5, 5.41) is 14.6. The third kappa shape index (κ3) is 5.77. The molecule has 0 aliphatic heterocycles. The van der Waals surface area contributed by atoms with Crippen molar-refractivity contribution in [3.63, 3.8) is 0 Å². The minimum absolute atomic E-state index is 0.169. The van der Waals surface area contributed by atoms with Gasteiger partial charge < -0.3 is 20.5 Å². The lowest BCUT2D eigenvalue weighted by atomic mass is 10.1. The third-order valence-electron chi connectivity index (χ3n) is 3.47. The van der Waals surface area contributed by atoms with Crippen LogP contribution in [0.4, 0.5) is 29.3 Å². The molecule has 146 valence electrons. The van der Waals surface area contributed by atoms with Crippen molar-refractivity contribution in [1.29, 1.82) is 0 Å². The number of ether oxygens (including phenoxy) is 1. The number of anilines is 2. The molecule has 0 heterocycles. The van der Waals surface area contributed by atoms with Gasteiger partial charge in [-0.1, -0.05) is 36.7 Å². The van der Waals surface area contributed by atoms with Crippen molar-refractivity contribution in [2.45, 2.75) is 25.6 Å². The topological polar surface area (TPSA) is 70.6 Å². The number of halogens is 4. The van der Waals surface area contributed by atoms with Gasteiger partial charge in [0.1, 0.15) is 5.75 Å². The molecule has 0 aliphatic rings. The highest BCUT2D eigenvalue weighted by Gasteiger charge is 2.40. The first-order chi connectivity index (χ1) is 12.7. The van der Waals surface area contributed by atoms with Gasteiger partial charge >= 0.3 is 12.2 Å². The van der Waals surface area contributed by atoms with Crippen LogP contribution >= 0.6 is 11.6 Å². The van der Waals surface area contributed by atoms with Crippen LogP contribution in [0.25, 0.3) is 0 Å². The Labute approximate surface area is 159 Å². The number of para-hydroxylation sites is 1. The largest absolute Gasteiger partial charge is 0.491 e. The first kappa shape index (κ1) is 20.9. The fourth-order valence-corrected chi connectivity index (χ4v) is 2.41. The monoisotopic (exact) mass is 402 g/mol. The molecule has 27 heavy (non-hydrogen) atoms. The summed E-state index contributed by atoms with van der Waals surface area (Å²) in [6.07, 6.45) is -6.83. The smallest absolute Gasteiger partial charge is 0.418 e. The third-order valence-corrected chi connectivity index (χ3v) is 3.70. The van der Waals surface area contributed by atoms with E-state index in [1.807, 2.05) is 6.92 Å². The number of aliphatic hydroxyl groups excluding tert-OH is 1. The molecule has 2 rings (SSSR count). The molecule has 0 fully saturated rings. The average Bonchev–Trinajstić information content (AvgIpc) is 2.60. The summed E-state index contributed by atoms with van der Waals surface area (Å²) in [5.41, 5.74) is -0.367. The number of aliphatic hydroxyl groups is 1. The van der Waals surface area contributed by atoms with E-state index >= 15 is 0 Å². The van der Waals surface area contributed by atoms with Gasteiger partial charge in [-0.25, -0.2) is 4.79 Å². The number of urea groups is 1. The molecular formula is C18H18ClF3N2O3. The van der Waals surface area contributed by atoms with E-state index in [0.29, 0.717) is 17.4 Å². The van der Waals surface area contributed by atoms with Gasteiger partial charge in [0, 0.05) is 16.3 Å². The molecule has 3 N–H and O–H groups in total. The second kappa shape index (κ2) is 8.96. The molecule has 0 saturated carbocycles. The van der Waals surface area contributed by atoms with Crippen LogP contribution in [-0.4, -0.2) is 23.9 Å². The summed E-state index contributed by atoms with van der Waals surface area (Å²) in [7, 11) is 0. The van der Waals surface area contributed by atoms with Crippen molar-refractivity contribution in [2.75, 3.05) is 17.2 Å². The lowest BCUT2D eigenvalue weighted by Crippen LogP contribution is -2.24. The molecule has 2 aromatic carbocycles. The second-order valence-corrected chi connectivity index (χ2v) is 6.04. The van der Waals surface area contributed by atoms with Gasteiger partial charge in [0.05, 0.1) is 12.3 Å². The Kier molecular flexibility index (Phi) is 6.92. The Balaban J connectivity index is 2.19. The van der Waals surface area contributed by atoms with Gasteiger partial charge in [-0.3, -0.25) is 0 Å². The molecule has 0 aliphatic carbocycles. The number of hydrogen-bond acceptors (Lipinski definition) is 3. The Morgan fingerprint density at radius 3 is 2.52 bits per heavy atom. The summed E-state index contributed by atoms with van der Waals surface area (Å²) < 4.78 is 43.9. The number of rotatable bonds is 6. The van der Waals surface area contributed by atoms with Crippen molar-refractivity contribution >= 4 is 29.0 Å². The number of carbonyl (C=O) groups excluding carboxylic acids is 1. The molecule has 1 atom stereocenters. The number of nitrogens with one attached hydrogen (secondary N) is 2. The Hall–Kier alpha value is -2.45. The summed E-state index contributed by atoms with van der Waals surface area (Å²) >= 11 is 5.93. The maximum absolute atomic E-state index is 12.8. The minimum Gasteiger partial charge on any atom is -0.491 e. The van der Waals surface area contributed by atoms with E-state index in [-0.39, 0.29) is 11.4 Å². The normalized spacial score (nSPS) is 12.4. The average molecular weight is 403 g/mol. The second-order valence-electron chi connectivity index (χ2n) is 5.60. The first-order valence-electron chi connectivity index (χ1n) is 8.06. The van der Waals surface area contributed by atoms with E-state index in [1.54, 1.807) is 12.1 Å². The Morgan fingerprint density at radius 1 is 1.19 bits per heavy atom. The van der Waals surface area contributed by atoms with Crippen LogP contribution < -0.4 is 15.4 Å². The maximum atomic E-state index is 12.8. The fraction of sp³-hybridized carbons (Fsp3) is 0.278. The minimum atomic E-state index is -4.86. The van der Waals surface area contributed by atoms with Gasteiger partial charge in [0.25, 0.3) is 0 Å². The Morgan fingerprint density at radius 2 is 1.85 bits per heavy atom. The molecule has 0 saturated heterocycles. The molecule has 0 aromatic heterocycles. The zero-order valence-electron chi connectivity index (χ0n) is 14.3. The van der Waals surface area contributed by atoms with Crippen molar-refractivity contribution in [2.24, 2.45) is 0 Å². The first-order valence-corrected chi connectivity index (χ1v) is 8.44. The van der Waals surface area contributed by atoms with Gasteiger partial charge in [-0.15, -0.1) is 0 Å². The molecule has 9 heteroatoms. The zero-order chi connectivity index (χ0) is 20.0. The van der Waals surface area contributed by atoms with Crippen LogP contribution in [0.15, 0.2) is 42.5 Å². The van der Waals surface area contributed by atoms with Gasteiger partial charge in [-0.05, 0) is 30.7 Å². The van der Waals surface area contributed by atoms with E-state index < -0.39 is 23.9 Å². The standard InChI is InChI=1S/C18H18ClF3N2O3/c1-2-9-27-15-8-7-11(19)10-14(15)24-17(26)23-13-6-4-3-5-12(13)16(25)18(20,21)22/h3-8,10,16,25H,2,9H2,1H3,(H2,23,24,26). The molecule has 0 radical (unpaired) electrons. The number of alkyl halides is 3. The van der Waals surface area contributed by atoms with Crippen molar-refractivity contribution in [3.8, 4) is 5.75 Å². The van der Waals surface area contributed by atoms with Crippen LogP contribution in [0, 0.1) is 0 Å². The van der Waals surface area contributed by atoms with E-state index in [9.17, 15) is 23.1 Å². The molecular weight excluding hydrogens is 385 g/mol. The summed E-state index contributed by atoms with van der Waals surface area (Å²) in [5.74, 6) is 0.375. The fourth-order valence-electron chi connectivity index (χ4n) is 2.24. The SMILES string of the molecule is CCCOc1ccc(Cl)cc1NC(=O)Nc1ccccc1C(O)C(F)(F)F. The molecule has 5 nitrogen and oxygen atoms in total. The van der Waals surface area contributed by atoms with Crippen LogP contribution in [0.1, 0.15) is 25.0 Å². The van der Waals surface area contributed by atoms with E-state index in [1.165, 1.54) is 24.3 Å². The molecule has 0 bridgehead atoms. The number of amides is 2. The van der Waals surface area contributed by atoms with Crippen LogP contribution in [-0.2, 0) is 0 Å². The van der Waals surface area contributed by atoms with Crippen molar-refractivity contribution in [1.82, 2.24) is 0 Å². The lowest BCUT2D eigenvalue weighted by molar-refractivity contribution is -0.206. The van der Waals surface area contributed by atoms with Gasteiger partial charge in [-0.2, -0.15) is 13.2 Å². The van der Waals surface area contributed by atoms with E-state index in [2.05, 4.69) is 10.6 Å². The van der Waals surface area contributed by atoms with Crippen LogP contribution in [0.3, 0.4) is 0 Å². The van der Waals surface area contributed by atoms with Crippen LogP contribution in [0.2, 0.25) is 5.02 Å². The summed E-state index contributed by atoms with van der Waals surface area (Å²) in [6, 6.07) is 8.94. The van der Waals surface area contributed by atoms with E-state index in [0.717, 1.165) is 12.5 Å². The zero-order valence-corrected chi connectivity index (χ0v) is 15.1. The maximum Gasteiger partial charge on any atom is 0.418 e. The van der Waals surface area contributed by atoms with E-state index in [4.69, 9.17) is 16.3 Å². The summed E-state index contributed by atoms with van der Waals surface area (Å²) in [6.45, 7) is 2.33. The van der Waals surface area contributed by atoms with Gasteiger partial charge in [0.2, 0.25) is 0 Å². The highest BCUT2D eigenvalue weighted by Crippen LogP contribution is 2.36. The number of hydrogen-bond donors (Lipinski definition) is 3. The predicted molar refractivity (Wildman–Crippen MR) is 97.3 cm³/mol. The highest BCUT2D eigenvalue weighted by molar-refractivity contribution is 6.31. The van der Waals surface area contributed by atoms with Crippen LogP contribution in [0.5, 0.6) is 5.75 Å².